The van der Waals surface area contributed by atoms with Crippen LogP contribution in [0.1, 0.15) is 24.4 Å². The zero-order valence-corrected chi connectivity index (χ0v) is 10.6. The molecule has 0 aliphatic heterocycles. The lowest BCUT2D eigenvalue weighted by molar-refractivity contribution is 0.528. The lowest BCUT2D eigenvalue weighted by Crippen LogP contribution is -2.23. The molecule has 1 atom stereocenters. The first-order valence-electron chi connectivity index (χ1n) is 5.88. The van der Waals surface area contributed by atoms with Crippen LogP contribution in [0.25, 0.3) is 0 Å². The molecule has 0 amide bonds. The van der Waals surface area contributed by atoms with Crippen molar-refractivity contribution in [3.05, 3.63) is 36.2 Å². The molecule has 0 spiro atoms. The minimum Gasteiger partial charge on any atom is -0.338 e. The molecule has 0 aliphatic carbocycles. The van der Waals surface area contributed by atoms with Gasteiger partial charge < -0.3 is 9.88 Å². The van der Waals surface area contributed by atoms with Gasteiger partial charge in [0.1, 0.15) is 5.82 Å². The maximum absolute atomic E-state index is 4.37. The van der Waals surface area contributed by atoms with Crippen molar-refractivity contribution in [2.45, 2.75) is 19.4 Å². The van der Waals surface area contributed by atoms with Gasteiger partial charge in [0.25, 0.3) is 0 Å². The van der Waals surface area contributed by atoms with Gasteiger partial charge in [-0.1, -0.05) is 6.92 Å². The summed E-state index contributed by atoms with van der Waals surface area (Å²) in [5, 5.41) is 7.69. The Labute approximate surface area is 101 Å². The molecule has 0 fully saturated rings. The van der Waals surface area contributed by atoms with Crippen LogP contribution >= 0.6 is 0 Å². The van der Waals surface area contributed by atoms with E-state index >= 15 is 0 Å². The summed E-state index contributed by atoms with van der Waals surface area (Å²) < 4.78 is 3.89. The Morgan fingerprint density at radius 2 is 2.24 bits per heavy atom. The molecule has 5 heteroatoms. The van der Waals surface area contributed by atoms with Crippen molar-refractivity contribution in [1.82, 2.24) is 24.6 Å². The average molecular weight is 233 g/mol. The van der Waals surface area contributed by atoms with E-state index in [1.807, 2.05) is 37.4 Å². The Hall–Kier alpha value is -1.62. The molecule has 0 saturated heterocycles. The van der Waals surface area contributed by atoms with E-state index in [2.05, 4.69) is 33.1 Å². The monoisotopic (exact) mass is 233 g/mol. The number of hydrogen-bond acceptors (Lipinski definition) is 3. The molecular weight excluding hydrogens is 214 g/mol. The molecule has 17 heavy (non-hydrogen) atoms. The van der Waals surface area contributed by atoms with E-state index in [4.69, 9.17) is 0 Å². The van der Waals surface area contributed by atoms with Crippen LogP contribution < -0.4 is 5.32 Å². The number of imidazole rings is 1. The first kappa shape index (κ1) is 11.9. The van der Waals surface area contributed by atoms with Crippen LogP contribution in [0, 0.1) is 0 Å². The summed E-state index contributed by atoms with van der Waals surface area (Å²) >= 11 is 0. The molecule has 2 rings (SSSR count). The Morgan fingerprint density at radius 1 is 1.41 bits per heavy atom. The van der Waals surface area contributed by atoms with Crippen LogP contribution in [-0.4, -0.2) is 25.9 Å². The summed E-state index contributed by atoms with van der Waals surface area (Å²) in [6.07, 6.45) is 8.65. The van der Waals surface area contributed by atoms with Crippen molar-refractivity contribution < 1.29 is 0 Å². The van der Waals surface area contributed by atoms with Crippen molar-refractivity contribution >= 4 is 0 Å². The maximum atomic E-state index is 4.37. The average Bonchev–Trinajstić information content (AvgIpc) is 2.88. The standard InChI is InChI=1S/C12H19N5/c1-4-13-11(10-8-15-17(3)9-10)7-12-14-5-6-16(12)2/h5-6,8-9,11,13H,4,7H2,1-3H3. The molecule has 5 nitrogen and oxygen atoms in total. The molecule has 0 bridgehead atoms. The normalized spacial score (nSPS) is 12.9. The van der Waals surface area contributed by atoms with Crippen molar-refractivity contribution in [2.24, 2.45) is 14.1 Å². The number of nitrogens with one attached hydrogen (secondary N) is 1. The summed E-state index contributed by atoms with van der Waals surface area (Å²) in [6.45, 7) is 3.05. The summed E-state index contributed by atoms with van der Waals surface area (Å²) in [6, 6.07) is 0.273. The van der Waals surface area contributed by atoms with Crippen molar-refractivity contribution in [1.29, 1.82) is 0 Å². The van der Waals surface area contributed by atoms with Gasteiger partial charge in [0, 0.05) is 50.7 Å². The van der Waals surface area contributed by atoms with E-state index in [-0.39, 0.29) is 6.04 Å². The topological polar surface area (TPSA) is 47.7 Å². The van der Waals surface area contributed by atoms with E-state index in [1.54, 1.807) is 0 Å². The van der Waals surface area contributed by atoms with Crippen molar-refractivity contribution in [3.63, 3.8) is 0 Å². The summed E-state index contributed by atoms with van der Waals surface area (Å²) in [4.78, 5) is 4.37. The number of hydrogen-bond donors (Lipinski definition) is 1. The molecule has 1 N–H and O–H groups in total. The van der Waals surface area contributed by atoms with Crippen LogP contribution in [0.4, 0.5) is 0 Å². The minimum atomic E-state index is 0.273. The van der Waals surface area contributed by atoms with Gasteiger partial charge >= 0.3 is 0 Å². The molecule has 92 valence electrons. The number of rotatable bonds is 5. The quantitative estimate of drug-likeness (QED) is 0.839. The molecule has 0 radical (unpaired) electrons. The fraction of sp³-hybridized carbons (Fsp3) is 0.500. The van der Waals surface area contributed by atoms with Crippen LogP contribution in [0.15, 0.2) is 24.8 Å². The first-order chi connectivity index (χ1) is 8.20. The summed E-state index contributed by atoms with van der Waals surface area (Å²) in [5.41, 5.74) is 1.21. The van der Waals surface area contributed by atoms with E-state index in [9.17, 15) is 0 Å². The van der Waals surface area contributed by atoms with E-state index < -0.39 is 0 Å². The molecule has 0 aliphatic rings. The third-order valence-corrected chi connectivity index (χ3v) is 2.89. The zero-order chi connectivity index (χ0) is 12.3. The Kier molecular flexibility index (Phi) is 3.58. The summed E-state index contributed by atoms with van der Waals surface area (Å²) in [7, 11) is 3.96. The van der Waals surface area contributed by atoms with Gasteiger partial charge in [0.15, 0.2) is 0 Å². The molecule has 2 aromatic heterocycles. The smallest absolute Gasteiger partial charge is 0.110 e. The molecule has 2 aromatic rings. The third kappa shape index (κ3) is 2.74. The molecule has 1 unspecified atom stereocenters. The van der Waals surface area contributed by atoms with E-state index in [0.29, 0.717) is 0 Å². The molecule has 0 aromatic carbocycles. The summed E-state index contributed by atoms with van der Waals surface area (Å²) in [5.74, 6) is 1.08. The highest BCUT2D eigenvalue weighted by molar-refractivity contribution is 5.13. The predicted molar refractivity (Wildman–Crippen MR) is 66.5 cm³/mol. The van der Waals surface area contributed by atoms with Gasteiger partial charge in [0.2, 0.25) is 0 Å². The van der Waals surface area contributed by atoms with Gasteiger partial charge in [-0.05, 0) is 6.54 Å². The van der Waals surface area contributed by atoms with Gasteiger partial charge in [-0.25, -0.2) is 4.98 Å². The van der Waals surface area contributed by atoms with Gasteiger partial charge in [-0.2, -0.15) is 5.10 Å². The third-order valence-electron chi connectivity index (χ3n) is 2.89. The fourth-order valence-electron chi connectivity index (χ4n) is 1.95. The Morgan fingerprint density at radius 3 is 2.76 bits per heavy atom. The predicted octanol–water partition coefficient (Wildman–Crippen LogP) is 1.05. The molecule has 2 heterocycles. The van der Waals surface area contributed by atoms with Crippen LogP contribution in [0.2, 0.25) is 0 Å². The van der Waals surface area contributed by atoms with Gasteiger partial charge in [-0.15, -0.1) is 0 Å². The van der Waals surface area contributed by atoms with Gasteiger partial charge in [0.05, 0.1) is 6.20 Å². The van der Waals surface area contributed by atoms with Crippen molar-refractivity contribution in [3.8, 4) is 0 Å². The number of aryl methyl sites for hydroxylation is 2. The van der Waals surface area contributed by atoms with E-state index in [0.717, 1.165) is 18.8 Å². The highest BCUT2D eigenvalue weighted by Crippen LogP contribution is 2.16. The number of aromatic nitrogens is 4. The zero-order valence-electron chi connectivity index (χ0n) is 10.6. The van der Waals surface area contributed by atoms with Crippen LogP contribution in [0.3, 0.4) is 0 Å². The lowest BCUT2D eigenvalue weighted by Gasteiger charge is -2.15. The largest absolute Gasteiger partial charge is 0.338 e. The van der Waals surface area contributed by atoms with Gasteiger partial charge in [-0.3, -0.25) is 4.68 Å². The number of likely N-dealkylation sites (N-methyl/N-ethyl adjacent to an activating group) is 1. The highest BCUT2D eigenvalue weighted by atomic mass is 15.2. The second-order valence-electron chi connectivity index (χ2n) is 4.22. The second kappa shape index (κ2) is 5.14. The minimum absolute atomic E-state index is 0.273. The SMILES string of the molecule is CCNC(Cc1nccn1C)c1cnn(C)c1. The van der Waals surface area contributed by atoms with Crippen LogP contribution in [-0.2, 0) is 20.5 Å². The Bertz CT molecular complexity index is 471. The maximum Gasteiger partial charge on any atom is 0.110 e. The number of nitrogens with zero attached hydrogens (tertiary/aromatic N) is 4. The van der Waals surface area contributed by atoms with E-state index in [1.165, 1.54) is 5.56 Å². The fourth-order valence-corrected chi connectivity index (χ4v) is 1.95. The Balaban J connectivity index is 2.15. The highest BCUT2D eigenvalue weighted by Gasteiger charge is 2.14. The second-order valence-corrected chi connectivity index (χ2v) is 4.22. The lowest BCUT2D eigenvalue weighted by atomic mass is 10.1. The molecular formula is C12H19N5. The molecule has 0 saturated carbocycles. The van der Waals surface area contributed by atoms with Crippen LogP contribution in [0.5, 0.6) is 0 Å². The first-order valence-corrected chi connectivity index (χ1v) is 5.88. The van der Waals surface area contributed by atoms with Crippen molar-refractivity contribution in [2.75, 3.05) is 6.54 Å².